The van der Waals surface area contributed by atoms with E-state index in [2.05, 4.69) is 26.8 Å². The summed E-state index contributed by atoms with van der Waals surface area (Å²) in [6.07, 6.45) is 8.63. The van der Waals surface area contributed by atoms with Crippen LogP contribution in [0.25, 0.3) is 11.1 Å². The molecule has 2 heterocycles. The maximum atomic E-state index is 14.2. The van der Waals surface area contributed by atoms with Crippen molar-refractivity contribution in [2.24, 2.45) is 7.05 Å². The normalized spacial score (nSPS) is 16.7. The number of benzene rings is 2. The lowest BCUT2D eigenvalue weighted by Gasteiger charge is -2.37. The van der Waals surface area contributed by atoms with Crippen LogP contribution >= 0.6 is 0 Å². The largest absolute Gasteiger partial charge is 0.367 e. The van der Waals surface area contributed by atoms with Gasteiger partial charge in [0, 0.05) is 54.9 Å². The highest BCUT2D eigenvalue weighted by atomic mass is 19.1. The Morgan fingerprint density at radius 2 is 1.82 bits per heavy atom. The van der Waals surface area contributed by atoms with E-state index in [9.17, 15) is 9.18 Å². The first kappa shape index (κ1) is 25.9. The van der Waals surface area contributed by atoms with Gasteiger partial charge in [0.05, 0.1) is 11.8 Å². The molecule has 0 atom stereocenters. The highest BCUT2D eigenvalue weighted by Gasteiger charge is 2.30. The lowest BCUT2D eigenvalue weighted by atomic mass is 9.89. The van der Waals surface area contributed by atoms with E-state index in [0.717, 1.165) is 48.3 Å². The van der Waals surface area contributed by atoms with Crippen molar-refractivity contribution in [2.45, 2.75) is 44.3 Å². The highest BCUT2D eigenvalue weighted by Crippen LogP contribution is 2.31. The molecule has 1 saturated carbocycles. The second-order valence-electron chi connectivity index (χ2n) is 9.76. The molecule has 0 aliphatic heterocycles. The molecule has 198 valence electrons. The van der Waals surface area contributed by atoms with Gasteiger partial charge >= 0.3 is 6.03 Å². The van der Waals surface area contributed by atoms with Crippen molar-refractivity contribution >= 4 is 17.5 Å². The van der Waals surface area contributed by atoms with Crippen LogP contribution in [-0.4, -0.2) is 32.9 Å². The molecule has 1 aliphatic carbocycles. The Morgan fingerprint density at radius 1 is 1.05 bits per heavy atom. The first-order valence-electron chi connectivity index (χ1n) is 13.0. The Bertz CT molecular complexity index is 1450. The van der Waals surface area contributed by atoms with Gasteiger partial charge in [-0.25, -0.2) is 14.2 Å². The van der Waals surface area contributed by atoms with Crippen LogP contribution in [0.1, 0.15) is 36.8 Å². The third kappa shape index (κ3) is 6.24. The molecule has 0 spiro atoms. The number of aromatic nitrogens is 3. The zero-order valence-corrected chi connectivity index (χ0v) is 21.7. The summed E-state index contributed by atoms with van der Waals surface area (Å²) in [6, 6.07) is 20.0. The van der Waals surface area contributed by atoms with Gasteiger partial charge in [0.15, 0.2) is 0 Å². The smallest absolute Gasteiger partial charge is 0.322 e. The summed E-state index contributed by atoms with van der Waals surface area (Å²) in [5.41, 5.74) is 3.78. The number of nitrogens with zero attached hydrogens (tertiary/aromatic N) is 5. The molecule has 0 unspecified atom stereocenters. The van der Waals surface area contributed by atoms with Crippen molar-refractivity contribution in [1.82, 2.24) is 20.1 Å². The Kier molecular flexibility index (Phi) is 7.83. The molecule has 5 rings (SSSR count). The van der Waals surface area contributed by atoms with Gasteiger partial charge in [-0.05, 0) is 61.6 Å². The highest BCUT2D eigenvalue weighted by molar-refractivity contribution is 5.93. The summed E-state index contributed by atoms with van der Waals surface area (Å²) in [5, 5.41) is 19.6. The van der Waals surface area contributed by atoms with Gasteiger partial charge in [0.1, 0.15) is 17.7 Å². The third-order valence-electron chi connectivity index (χ3n) is 7.10. The number of aryl methyl sites for hydroxylation is 1. The molecule has 4 aromatic rings. The lowest BCUT2D eigenvalue weighted by Crippen LogP contribution is -2.48. The molecular weight excluding hydrogens is 493 g/mol. The minimum atomic E-state index is -0.340. The SMILES string of the molecule is Cn1cc(-c2ccc(N(C(=O)NCc3ccccc3F)C3CCC(Nc4ccc(C#N)cn4)CC3)cc2)cn1. The molecule has 1 aliphatic rings. The quantitative estimate of drug-likeness (QED) is 0.327. The van der Waals surface area contributed by atoms with Gasteiger partial charge < -0.3 is 10.6 Å². The Hall–Kier alpha value is -4.71. The number of carbonyl (C=O) groups is 1. The molecule has 0 radical (unpaired) electrons. The van der Waals surface area contributed by atoms with Crippen LogP contribution in [0.4, 0.5) is 20.7 Å². The summed E-state index contributed by atoms with van der Waals surface area (Å²) in [5.74, 6) is 0.399. The van der Waals surface area contributed by atoms with Crippen LogP contribution in [0.2, 0.25) is 0 Å². The van der Waals surface area contributed by atoms with E-state index < -0.39 is 0 Å². The molecule has 1 fully saturated rings. The summed E-state index contributed by atoms with van der Waals surface area (Å²) in [4.78, 5) is 19.7. The summed E-state index contributed by atoms with van der Waals surface area (Å²) in [7, 11) is 1.88. The second-order valence-corrected chi connectivity index (χ2v) is 9.76. The van der Waals surface area contributed by atoms with Gasteiger partial charge in [-0.2, -0.15) is 10.4 Å². The predicted molar refractivity (Wildman–Crippen MR) is 148 cm³/mol. The number of hydrogen-bond acceptors (Lipinski definition) is 5. The van der Waals surface area contributed by atoms with E-state index in [1.165, 1.54) is 6.07 Å². The monoisotopic (exact) mass is 523 g/mol. The van der Waals surface area contributed by atoms with Crippen LogP contribution in [0.15, 0.2) is 79.3 Å². The zero-order chi connectivity index (χ0) is 27.2. The average Bonchev–Trinajstić information content (AvgIpc) is 3.40. The molecule has 2 amide bonds. The van der Waals surface area contributed by atoms with Gasteiger partial charge in [0.25, 0.3) is 0 Å². The van der Waals surface area contributed by atoms with Crippen LogP contribution < -0.4 is 15.5 Å². The van der Waals surface area contributed by atoms with Crippen LogP contribution in [-0.2, 0) is 13.6 Å². The molecule has 8 nitrogen and oxygen atoms in total. The molecular formula is C30H30FN7O. The van der Waals surface area contributed by atoms with Crippen molar-refractivity contribution in [1.29, 1.82) is 5.26 Å². The molecule has 9 heteroatoms. The third-order valence-corrected chi connectivity index (χ3v) is 7.10. The van der Waals surface area contributed by atoms with Gasteiger partial charge in [-0.15, -0.1) is 0 Å². The Labute approximate surface area is 227 Å². The van der Waals surface area contributed by atoms with Crippen LogP contribution in [0.3, 0.4) is 0 Å². The molecule has 0 saturated heterocycles. The van der Waals surface area contributed by atoms with Crippen molar-refractivity contribution in [3.8, 4) is 17.2 Å². The fourth-order valence-corrected chi connectivity index (χ4v) is 5.01. The molecule has 2 aromatic heterocycles. The van der Waals surface area contributed by atoms with Crippen molar-refractivity contribution < 1.29 is 9.18 Å². The van der Waals surface area contributed by atoms with Gasteiger partial charge in [-0.1, -0.05) is 30.3 Å². The zero-order valence-electron chi connectivity index (χ0n) is 21.7. The maximum absolute atomic E-state index is 14.2. The van der Waals surface area contributed by atoms with E-state index in [0.29, 0.717) is 11.1 Å². The Morgan fingerprint density at radius 3 is 2.46 bits per heavy atom. The van der Waals surface area contributed by atoms with Crippen molar-refractivity contribution in [3.05, 3.63) is 96.2 Å². The van der Waals surface area contributed by atoms with E-state index in [1.807, 2.05) is 54.7 Å². The fraction of sp³-hybridized carbons (Fsp3) is 0.267. The number of anilines is 2. The molecule has 2 N–H and O–H groups in total. The van der Waals surface area contributed by atoms with E-state index in [4.69, 9.17) is 5.26 Å². The fourth-order valence-electron chi connectivity index (χ4n) is 5.01. The van der Waals surface area contributed by atoms with Crippen LogP contribution in [0, 0.1) is 17.1 Å². The number of pyridine rings is 1. The maximum Gasteiger partial charge on any atom is 0.322 e. The number of rotatable bonds is 7. The van der Waals surface area contributed by atoms with Crippen molar-refractivity contribution in [3.63, 3.8) is 0 Å². The molecule has 0 bridgehead atoms. The van der Waals surface area contributed by atoms with E-state index in [1.54, 1.807) is 35.1 Å². The topological polar surface area (TPSA) is 98.9 Å². The number of halogens is 1. The number of urea groups is 1. The number of nitriles is 1. The minimum Gasteiger partial charge on any atom is -0.367 e. The average molecular weight is 524 g/mol. The number of nitrogens with one attached hydrogen (secondary N) is 2. The van der Waals surface area contributed by atoms with E-state index >= 15 is 0 Å². The van der Waals surface area contributed by atoms with Crippen LogP contribution in [0.5, 0.6) is 0 Å². The number of carbonyl (C=O) groups excluding carboxylic acids is 1. The predicted octanol–water partition coefficient (Wildman–Crippen LogP) is 5.63. The summed E-state index contributed by atoms with van der Waals surface area (Å²) < 4.78 is 15.9. The first-order chi connectivity index (χ1) is 19.0. The van der Waals surface area contributed by atoms with Gasteiger partial charge in [-0.3, -0.25) is 9.58 Å². The van der Waals surface area contributed by atoms with E-state index in [-0.39, 0.29) is 30.5 Å². The standard InChI is InChI=1S/C30H30FN7O/c1-37-20-24(19-35-37)22-7-11-26(12-8-22)38(30(39)34-18-23-4-2-3-5-28(23)31)27-13-9-25(10-14-27)36-29-15-6-21(16-32)17-33-29/h2-8,11-12,15,17,19-20,25,27H,9-10,13-14,18H2,1H3,(H,33,36)(H,34,39). The summed E-state index contributed by atoms with van der Waals surface area (Å²) in [6.45, 7) is 0.108. The minimum absolute atomic E-state index is 0.0122. The lowest BCUT2D eigenvalue weighted by molar-refractivity contribution is 0.240. The second kappa shape index (κ2) is 11.8. The van der Waals surface area contributed by atoms with Gasteiger partial charge in [0.2, 0.25) is 0 Å². The number of hydrogen-bond donors (Lipinski definition) is 2. The Balaban J connectivity index is 1.30. The van der Waals surface area contributed by atoms with Crippen molar-refractivity contribution in [2.75, 3.05) is 10.2 Å². The molecule has 2 aromatic carbocycles. The first-order valence-corrected chi connectivity index (χ1v) is 13.0. The molecule has 39 heavy (non-hydrogen) atoms. The summed E-state index contributed by atoms with van der Waals surface area (Å²) >= 11 is 0. The number of amides is 2.